The second-order valence-electron chi connectivity index (χ2n) is 4.94. The van der Waals surface area contributed by atoms with E-state index in [4.69, 9.17) is 5.11 Å². The molecule has 22 heavy (non-hydrogen) atoms. The summed E-state index contributed by atoms with van der Waals surface area (Å²) in [6.45, 7) is 1.89. The summed E-state index contributed by atoms with van der Waals surface area (Å²) in [4.78, 5) is 27.2. The van der Waals surface area contributed by atoms with E-state index in [1.165, 1.54) is 18.2 Å². The number of carbonyl (C=O) groups is 1. The number of sulfonamides is 1. The number of rotatable bonds is 7. The van der Waals surface area contributed by atoms with Crippen LogP contribution < -0.4 is 10.4 Å². The summed E-state index contributed by atoms with van der Waals surface area (Å²) >= 11 is 0. The summed E-state index contributed by atoms with van der Waals surface area (Å²) in [5.74, 6) is -1.21. The second-order valence-corrected chi connectivity index (χ2v) is 6.65. The van der Waals surface area contributed by atoms with E-state index in [-0.39, 0.29) is 11.3 Å². The number of hydrogen-bond acceptors (Lipinski definition) is 4. The summed E-state index contributed by atoms with van der Waals surface area (Å²) in [5.41, 5.74) is 0.377. The highest BCUT2D eigenvalue weighted by Gasteiger charge is 2.25. The summed E-state index contributed by atoms with van der Waals surface area (Å²) in [5, 5.41) is 9.11. The molecule has 0 bridgehead atoms. The number of aliphatic carboxylic acids is 1. The number of aromatic amines is 2. The Hall–Kier alpha value is -2.13. The van der Waals surface area contributed by atoms with Gasteiger partial charge in [-0.3, -0.25) is 4.79 Å². The standard InChI is InChI=1S/C13H17N3O5S/c1-2-3-4-10(12(17)18)16-22(20,21)8-5-6-9-11(7-8)15-13(19)14-9/h5-7,10,16H,2-4H2,1H3,(H,17,18)(H2,14,15,19)/t10-/m0/s1. The molecule has 9 heteroatoms. The molecule has 0 radical (unpaired) electrons. The topological polar surface area (TPSA) is 132 Å². The van der Waals surface area contributed by atoms with Crippen molar-refractivity contribution < 1.29 is 18.3 Å². The van der Waals surface area contributed by atoms with Crippen molar-refractivity contribution in [2.24, 2.45) is 0 Å². The fourth-order valence-corrected chi connectivity index (χ4v) is 3.32. The lowest BCUT2D eigenvalue weighted by atomic mass is 10.1. The van der Waals surface area contributed by atoms with E-state index >= 15 is 0 Å². The van der Waals surface area contributed by atoms with Gasteiger partial charge in [0, 0.05) is 0 Å². The number of H-pyrrole nitrogens is 2. The van der Waals surface area contributed by atoms with Crippen LogP contribution in [-0.2, 0) is 14.8 Å². The van der Waals surface area contributed by atoms with Crippen LogP contribution in [0.3, 0.4) is 0 Å². The van der Waals surface area contributed by atoms with Crippen molar-refractivity contribution in [2.75, 3.05) is 0 Å². The Kier molecular flexibility index (Phi) is 4.67. The van der Waals surface area contributed by atoms with Gasteiger partial charge in [0.25, 0.3) is 0 Å². The Morgan fingerprint density at radius 3 is 2.64 bits per heavy atom. The lowest BCUT2D eigenvalue weighted by molar-refractivity contribution is -0.139. The van der Waals surface area contributed by atoms with Crippen LogP contribution in [0.5, 0.6) is 0 Å². The molecule has 2 aromatic rings. The molecule has 1 atom stereocenters. The summed E-state index contributed by atoms with van der Waals surface area (Å²) in [6.07, 6.45) is 1.58. The van der Waals surface area contributed by atoms with Gasteiger partial charge >= 0.3 is 11.7 Å². The molecular weight excluding hydrogens is 310 g/mol. The third kappa shape index (κ3) is 3.55. The van der Waals surface area contributed by atoms with E-state index in [1.54, 1.807) is 0 Å². The molecule has 120 valence electrons. The van der Waals surface area contributed by atoms with Gasteiger partial charge in [0.1, 0.15) is 6.04 Å². The molecule has 0 saturated heterocycles. The van der Waals surface area contributed by atoms with Gasteiger partial charge in [-0.15, -0.1) is 0 Å². The molecule has 0 unspecified atom stereocenters. The zero-order valence-electron chi connectivity index (χ0n) is 11.9. The van der Waals surface area contributed by atoms with Gasteiger partial charge in [-0.1, -0.05) is 19.8 Å². The number of carboxylic acid groups (broad SMARTS) is 1. The maximum atomic E-state index is 12.3. The van der Waals surface area contributed by atoms with E-state index in [2.05, 4.69) is 14.7 Å². The van der Waals surface area contributed by atoms with Gasteiger partial charge in [0.15, 0.2) is 0 Å². The number of nitrogens with one attached hydrogen (secondary N) is 3. The first-order chi connectivity index (χ1) is 10.3. The van der Waals surface area contributed by atoms with Crippen LogP contribution in [0, 0.1) is 0 Å². The fourth-order valence-electron chi connectivity index (χ4n) is 2.08. The maximum Gasteiger partial charge on any atom is 0.323 e. The predicted molar refractivity (Wildman–Crippen MR) is 80.2 cm³/mol. The van der Waals surface area contributed by atoms with Crippen molar-refractivity contribution >= 4 is 27.0 Å². The van der Waals surface area contributed by atoms with E-state index in [0.29, 0.717) is 17.5 Å². The van der Waals surface area contributed by atoms with Gasteiger partial charge < -0.3 is 15.1 Å². The monoisotopic (exact) mass is 327 g/mol. The van der Waals surface area contributed by atoms with E-state index in [9.17, 15) is 18.0 Å². The number of aromatic nitrogens is 2. The van der Waals surface area contributed by atoms with Crippen LogP contribution in [0.25, 0.3) is 11.0 Å². The van der Waals surface area contributed by atoms with Crippen molar-refractivity contribution in [3.05, 3.63) is 28.7 Å². The number of benzene rings is 1. The fraction of sp³-hybridized carbons (Fsp3) is 0.385. The lowest BCUT2D eigenvalue weighted by Gasteiger charge is -2.14. The van der Waals surface area contributed by atoms with Crippen molar-refractivity contribution in [3.8, 4) is 0 Å². The van der Waals surface area contributed by atoms with Gasteiger partial charge in [-0.05, 0) is 24.6 Å². The van der Waals surface area contributed by atoms with Gasteiger partial charge in [0.2, 0.25) is 10.0 Å². The highest BCUT2D eigenvalue weighted by atomic mass is 32.2. The first kappa shape index (κ1) is 16.2. The van der Waals surface area contributed by atoms with Crippen molar-refractivity contribution in [2.45, 2.75) is 37.1 Å². The molecule has 1 aromatic carbocycles. The molecular formula is C13H17N3O5S. The molecule has 8 nitrogen and oxygen atoms in total. The Labute approximate surface area is 126 Å². The third-order valence-electron chi connectivity index (χ3n) is 3.24. The summed E-state index contributed by atoms with van der Waals surface area (Å²) in [6, 6.07) is 2.87. The van der Waals surface area contributed by atoms with Crippen LogP contribution in [0.15, 0.2) is 27.9 Å². The Morgan fingerprint density at radius 2 is 2.00 bits per heavy atom. The second kappa shape index (κ2) is 6.32. The smallest absolute Gasteiger partial charge is 0.323 e. The van der Waals surface area contributed by atoms with E-state index in [1.807, 2.05) is 6.92 Å². The minimum atomic E-state index is -3.98. The minimum absolute atomic E-state index is 0.0991. The van der Waals surface area contributed by atoms with Gasteiger partial charge in [-0.2, -0.15) is 4.72 Å². The van der Waals surface area contributed by atoms with Crippen molar-refractivity contribution in [3.63, 3.8) is 0 Å². The molecule has 0 aliphatic rings. The molecule has 0 spiro atoms. The maximum absolute atomic E-state index is 12.3. The molecule has 1 heterocycles. The number of unbranched alkanes of at least 4 members (excludes halogenated alkanes) is 1. The number of hydrogen-bond donors (Lipinski definition) is 4. The quantitative estimate of drug-likeness (QED) is 0.596. The summed E-state index contributed by atoms with van der Waals surface area (Å²) in [7, 11) is -3.98. The molecule has 0 aliphatic heterocycles. The van der Waals surface area contributed by atoms with Gasteiger partial charge in [0.05, 0.1) is 15.9 Å². The molecule has 4 N–H and O–H groups in total. The Morgan fingerprint density at radius 1 is 1.32 bits per heavy atom. The van der Waals surface area contributed by atoms with Crippen LogP contribution in [0.1, 0.15) is 26.2 Å². The number of fused-ring (bicyclic) bond motifs is 1. The van der Waals surface area contributed by atoms with E-state index < -0.39 is 27.7 Å². The SMILES string of the molecule is CCCC[C@H](NS(=O)(=O)c1ccc2[nH]c(=O)[nH]c2c1)C(=O)O. The molecule has 2 rings (SSSR count). The number of imidazole rings is 1. The Bertz CT molecular complexity index is 837. The molecule has 0 fully saturated rings. The van der Waals surface area contributed by atoms with Crippen LogP contribution in [-0.4, -0.2) is 35.5 Å². The van der Waals surface area contributed by atoms with Crippen LogP contribution in [0.2, 0.25) is 0 Å². The highest BCUT2D eigenvalue weighted by molar-refractivity contribution is 7.89. The lowest BCUT2D eigenvalue weighted by Crippen LogP contribution is -2.40. The third-order valence-corrected chi connectivity index (χ3v) is 4.71. The van der Waals surface area contributed by atoms with E-state index in [0.717, 1.165) is 6.42 Å². The zero-order valence-corrected chi connectivity index (χ0v) is 12.7. The first-order valence-electron chi connectivity index (χ1n) is 6.80. The molecule has 0 saturated carbocycles. The average Bonchev–Trinajstić information content (AvgIpc) is 2.82. The van der Waals surface area contributed by atoms with Crippen molar-refractivity contribution in [1.82, 2.24) is 14.7 Å². The Balaban J connectivity index is 2.30. The van der Waals surface area contributed by atoms with Crippen LogP contribution >= 0.6 is 0 Å². The number of carboxylic acids is 1. The zero-order chi connectivity index (χ0) is 16.3. The molecule has 0 amide bonds. The largest absolute Gasteiger partial charge is 0.480 e. The molecule has 0 aliphatic carbocycles. The highest BCUT2D eigenvalue weighted by Crippen LogP contribution is 2.16. The van der Waals surface area contributed by atoms with Crippen LogP contribution in [0.4, 0.5) is 0 Å². The van der Waals surface area contributed by atoms with Gasteiger partial charge in [-0.25, -0.2) is 13.2 Å². The normalized spacial score (nSPS) is 13.3. The summed E-state index contributed by atoms with van der Waals surface area (Å²) < 4.78 is 26.8. The minimum Gasteiger partial charge on any atom is -0.480 e. The predicted octanol–water partition coefficient (Wildman–Crippen LogP) is 0.778. The first-order valence-corrected chi connectivity index (χ1v) is 8.29. The average molecular weight is 327 g/mol. The van der Waals surface area contributed by atoms with Crippen molar-refractivity contribution in [1.29, 1.82) is 0 Å². The molecule has 1 aromatic heterocycles.